The summed E-state index contributed by atoms with van der Waals surface area (Å²) in [5.41, 5.74) is 0.294. The fourth-order valence-corrected chi connectivity index (χ4v) is 3.17. The summed E-state index contributed by atoms with van der Waals surface area (Å²) in [6.07, 6.45) is 2.42. The second-order valence-electron chi connectivity index (χ2n) is 4.78. The number of rotatable bonds is 7. The fourth-order valence-electron chi connectivity index (χ4n) is 1.71. The van der Waals surface area contributed by atoms with Crippen LogP contribution in [0.1, 0.15) is 17.3 Å². The van der Waals surface area contributed by atoms with Crippen LogP contribution in [0.5, 0.6) is 5.88 Å². The van der Waals surface area contributed by atoms with Crippen molar-refractivity contribution >= 4 is 38.5 Å². The van der Waals surface area contributed by atoms with Gasteiger partial charge in [0.15, 0.2) is 10.9 Å². The van der Waals surface area contributed by atoms with Gasteiger partial charge in [-0.25, -0.2) is 18.4 Å². The van der Waals surface area contributed by atoms with Crippen LogP contribution in [0.4, 0.5) is 5.82 Å². The Morgan fingerprint density at radius 1 is 1.16 bits per heavy atom. The normalized spacial score (nSPS) is 11.0. The standard InChI is InChI=1S/C15H15N3O5S2/c1-10(19)24-9-13(20)11-3-5-14(16-7-11)18-25(21,22)12-4-6-15(23-2)17-8-12/h3-8H,9H2,1-2H3,(H,16,18). The zero-order valence-corrected chi connectivity index (χ0v) is 15.1. The lowest BCUT2D eigenvalue weighted by Crippen LogP contribution is -2.14. The summed E-state index contributed by atoms with van der Waals surface area (Å²) in [7, 11) is -2.43. The molecule has 25 heavy (non-hydrogen) atoms. The number of carbonyl (C=O) groups is 2. The van der Waals surface area contributed by atoms with Crippen LogP contribution in [0.3, 0.4) is 0 Å². The van der Waals surface area contributed by atoms with E-state index in [0.717, 1.165) is 18.0 Å². The van der Waals surface area contributed by atoms with Gasteiger partial charge in [-0.2, -0.15) is 0 Å². The van der Waals surface area contributed by atoms with Crippen LogP contribution in [-0.2, 0) is 14.8 Å². The van der Waals surface area contributed by atoms with Crippen molar-refractivity contribution in [3.63, 3.8) is 0 Å². The number of Topliss-reactive ketones (excluding diaryl/α,β-unsaturated/α-hetero) is 1. The molecule has 10 heteroatoms. The summed E-state index contributed by atoms with van der Waals surface area (Å²) in [6, 6.07) is 5.60. The number of methoxy groups -OCH3 is 1. The maximum atomic E-state index is 12.3. The maximum Gasteiger partial charge on any atom is 0.264 e. The van der Waals surface area contributed by atoms with E-state index in [4.69, 9.17) is 4.74 Å². The van der Waals surface area contributed by atoms with Gasteiger partial charge < -0.3 is 4.74 Å². The molecule has 1 N–H and O–H groups in total. The van der Waals surface area contributed by atoms with Crippen molar-refractivity contribution < 1.29 is 22.7 Å². The molecule has 2 heterocycles. The van der Waals surface area contributed by atoms with Crippen LogP contribution < -0.4 is 9.46 Å². The number of nitrogens with zero attached hydrogens (tertiary/aromatic N) is 2. The molecule has 2 rings (SSSR count). The molecule has 0 atom stereocenters. The highest BCUT2D eigenvalue weighted by Gasteiger charge is 2.16. The van der Waals surface area contributed by atoms with Crippen LogP contribution in [0.15, 0.2) is 41.6 Å². The van der Waals surface area contributed by atoms with Gasteiger partial charge in [0.1, 0.15) is 10.7 Å². The molecule has 0 aromatic carbocycles. The predicted octanol–water partition coefficient (Wildman–Crippen LogP) is 1.75. The molecule has 0 spiro atoms. The third-order valence-electron chi connectivity index (χ3n) is 2.96. The molecule has 0 amide bonds. The number of hydrogen-bond donors (Lipinski definition) is 1. The molecule has 0 unspecified atom stereocenters. The highest BCUT2D eigenvalue weighted by molar-refractivity contribution is 8.14. The van der Waals surface area contributed by atoms with E-state index in [1.165, 1.54) is 44.5 Å². The van der Waals surface area contributed by atoms with E-state index in [2.05, 4.69) is 14.7 Å². The van der Waals surface area contributed by atoms with Gasteiger partial charge in [-0.05, 0) is 18.2 Å². The van der Waals surface area contributed by atoms with Crippen molar-refractivity contribution in [3.05, 3.63) is 42.2 Å². The van der Waals surface area contributed by atoms with Crippen molar-refractivity contribution in [2.24, 2.45) is 0 Å². The third kappa shape index (κ3) is 5.26. The van der Waals surface area contributed by atoms with E-state index in [1.807, 2.05) is 0 Å². The Morgan fingerprint density at radius 2 is 1.92 bits per heavy atom. The van der Waals surface area contributed by atoms with E-state index < -0.39 is 10.0 Å². The number of pyridine rings is 2. The number of sulfonamides is 1. The lowest BCUT2D eigenvalue weighted by atomic mass is 10.2. The predicted molar refractivity (Wildman–Crippen MR) is 93.3 cm³/mol. The first-order valence-electron chi connectivity index (χ1n) is 6.97. The van der Waals surface area contributed by atoms with Crippen LogP contribution in [0.25, 0.3) is 0 Å². The summed E-state index contributed by atoms with van der Waals surface area (Å²) in [5, 5.41) is -0.154. The lowest BCUT2D eigenvalue weighted by molar-refractivity contribution is -0.109. The van der Waals surface area contributed by atoms with Crippen molar-refractivity contribution in [2.45, 2.75) is 11.8 Å². The lowest BCUT2D eigenvalue weighted by Gasteiger charge is -2.08. The topological polar surface area (TPSA) is 115 Å². The summed E-state index contributed by atoms with van der Waals surface area (Å²) >= 11 is 0.904. The molecule has 0 aliphatic heterocycles. The average Bonchev–Trinajstić information content (AvgIpc) is 2.60. The number of aromatic nitrogens is 2. The van der Waals surface area contributed by atoms with Gasteiger partial charge in [-0.1, -0.05) is 11.8 Å². The number of carbonyl (C=O) groups excluding carboxylic acids is 2. The maximum absolute atomic E-state index is 12.3. The summed E-state index contributed by atoms with van der Waals surface area (Å²) in [6.45, 7) is 1.38. The second-order valence-corrected chi connectivity index (χ2v) is 7.61. The second kappa shape index (κ2) is 8.08. The van der Waals surface area contributed by atoms with Gasteiger partial charge >= 0.3 is 0 Å². The molecule has 8 nitrogen and oxygen atoms in total. The minimum Gasteiger partial charge on any atom is -0.481 e. The smallest absolute Gasteiger partial charge is 0.264 e. The van der Waals surface area contributed by atoms with Gasteiger partial charge in [0, 0.05) is 24.8 Å². The Bertz CT molecular complexity index is 865. The molecular formula is C15H15N3O5S2. The van der Waals surface area contributed by atoms with Crippen molar-refractivity contribution in [3.8, 4) is 5.88 Å². The van der Waals surface area contributed by atoms with Gasteiger partial charge in [0.05, 0.1) is 19.1 Å². The molecule has 0 saturated carbocycles. The molecule has 132 valence electrons. The first-order valence-corrected chi connectivity index (χ1v) is 9.44. The first-order chi connectivity index (χ1) is 11.8. The first kappa shape index (κ1) is 18.9. The Kier molecular flexibility index (Phi) is 6.10. The molecule has 0 bridgehead atoms. The number of anilines is 1. The molecule has 0 radical (unpaired) electrons. The Hall–Kier alpha value is -2.46. The zero-order chi connectivity index (χ0) is 18.4. The van der Waals surface area contributed by atoms with Gasteiger partial charge in [-0.15, -0.1) is 0 Å². The number of nitrogens with one attached hydrogen (secondary N) is 1. The van der Waals surface area contributed by atoms with E-state index in [-0.39, 0.29) is 27.4 Å². The Labute approximate surface area is 149 Å². The largest absolute Gasteiger partial charge is 0.481 e. The van der Waals surface area contributed by atoms with E-state index in [0.29, 0.717) is 11.4 Å². The monoisotopic (exact) mass is 381 g/mol. The van der Waals surface area contributed by atoms with Crippen LogP contribution in [0, 0.1) is 0 Å². The number of ether oxygens (including phenoxy) is 1. The van der Waals surface area contributed by atoms with Crippen molar-refractivity contribution in [2.75, 3.05) is 17.6 Å². The molecule has 2 aromatic rings. The van der Waals surface area contributed by atoms with Crippen molar-refractivity contribution in [1.29, 1.82) is 0 Å². The number of thioether (sulfide) groups is 1. The fraction of sp³-hybridized carbons (Fsp3) is 0.200. The minimum absolute atomic E-state index is 0.0135. The summed E-state index contributed by atoms with van der Waals surface area (Å²) in [5.74, 6) is 0.107. The highest BCUT2D eigenvalue weighted by atomic mass is 32.2. The van der Waals surface area contributed by atoms with Gasteiger partial charge in [0.25, 0.3) is 10.0 Å². The van der Waals surface area contributed by atoms with E-state index in [1.54, 1.807) is 0 Å². The molecule has 0 fully saturated rings. The number of hydrogen-bond acceptors (Lipinski definition) is 8. The third-order valence-corrected chi connectivity index (χ3v) is 5.11. The zero-order valence-electron chi connectivity index (χ0n) is 13.4. The van der Waals surface area contributed by atoms with Gasteiger partial charge in [-0.3, -0.25) is 14.3 Å². The molecule has 0 aliphatic rings. The summed E-state index contributed by atoms with van der Waals surface area (Å²) < 4.78 is 31.7. The Balaban J connectivity index is 2.09. The van der Waals surface area contributed by atoms with Crippen molar-refractivity contribution in [1.82, 2.24) is 9.97 Å². The average molecular weight is 381 g/mol. The van der Waals surface area contributed by atoms with Crippen LogP contribution >= 0.6 is 11.8 Å². The molecular weight excluding hydrogens is 366 g/mol. The highest BCUT2D eigenvalue weighted by Crippen LogP contribution is 2.16. The quantitative estimate of drug-likeness (QED) is 0.721. The van der Waals surface area contributed by atoms with E-state index in [9.17, 15) is 18.0 Å². The minimum atomic E-state index is -3.86. The Morgan fingerprint density at radius 3 is 2.44 bits per heavy atom. The van der Waals surface area contributed by atoms with Gasteiger partial charge in [0.2, 0.25) is 5.88 Å². The number of ketones is 1. The van der Waals surface area contributed by atoms with Crippen LogP contribution in [0.2, 0.25) is 0 Å². The SMILES string of the molecule is COc1ccc(S(=O)(=O)Nc2ccc(C(=O)CSC(C)=O)cn2)cn1. The summed E-state index contributed by atoms with van der Waals surface area (Å²) in [4.78, 5) is 30.4. The molecule has 0 aliphatic carbocycles. The molecule has 2 aromatic heterocycles. The van der Waals surface area contributed by atoms with Crippen LogP contribution in [-0.4, -0.2) is 42.1 Å². The molecule has 0 saturated heterocycles. The van der Waals surface area contributed by atoms with E-state index >= 15 is 0 Å².